The summed E-state index contributed by atoms with van der Waals surface area (Å²) in [6.45, 7) is 2.78. The van der Waals surface area contributed by atoms with Crippen molar-refractivity contribution >= 4 is 11.3 Å². The second-order valence-corrected chi connectivity index (χ2v) is 7.02. The van der Waals surface area contributed by atoms with E-state index in [1.54, 1.807) is 0 Å². The number of allylic oxidation sites excluding steroid dienone is 2. The first-order valence-electron chi connectivity index (χ1n) is 8.75. The van der Waals surface area contributed by atoms with Gasteiger partial charge in [-0.05, 0) is 60.7 Å². The van der Waals surface area contributed by atoms with Crippen LogP contribution in [0.1, 0.15) is 24.6 Å². The molecule has 3 aromatic rings. The fourth-order valence-electron chi connectivity index (χ4n) is 2.68. The van der Waals surface area contributed by atoms with E-state index in [0.29, 0.717) is 0 Å². The quantitative estimate of drug-likeness (QED) is 0.348. The summed E-state index contributed by atoms with van der Waals surface area (Å²) >= 11 is 1.52. The summed E-state index contributed by atoms with van der Waals surface area (Å²) in [5, 5.41) is 8.95. The van der Waals surface area contributed by atoms with Gasteiger partial charge in [0.2, 0.25) is 0 Å². The lowest BCUT2D eigenvalue weighted by atomic mass is 10.0. The molecule has 0 atom stereocenters. The van der Waals surface area contributed by atoms with Crippen molar-refractivity contribution in [2.45, 2.75) is 19.8 Å². The average Bonchev–Trinajstić information content (AvgIpc) is 3.18. The van der Waals surface area contributed by atoms with E-state index in [2.05, 4.69) is 54.6 Å². The number of nitrogens with zero attached hydrogens (tertiary/aromatic N) is 1. The fourth-order valence-corrected chi connectivity index (χ4v) is 3.49. The first-order valence-corrected chi connectivity index (χ1v) is 9.56. The first-order chi connectivity index (χ1) is 12.8. The monoisotopic (exact) mass is 359 g/mol. The Balaban J connectivity index is 1.63. The van der Waals surface area contributed by atoms with Gasteiger partial charge in [-0.15, -0.1) is 11.3 Å². The van der Waals surface area contributed by atoms with Gasteiger partial charge in [-0.25, -0.2) is 0 Å². The van der Waals surface area contributed by atoms with Crippen molar-refractivity contribution in [2.75, 3.05) is 6.61 Å². The van der Waals surface area contributed by atoms with E-state index < -0.39 is 0 Å². The molecule has 0 saturated carbocycles. The van der Waals surface area contributed by atoms with E-state index in [1.807, 2.05) is 31.2 Å². The van der Waals surface area contributed by atoms with E-state index >= 15 is 0 Å². The van der Waals surface area contributed by atoms with Crippen LogP contribution < -0.4 is 4.74 Å². The molecule has 0 amide bonds. The van der Waals surface area contributed by atoms with E-state index in [9.17, 15) is 0 Å². The fraction of sp³-hybridized carbons (Fsp3) is 0.174. The summed E-state index contributed by atoms with van der Waals surface area (Å²) < 4.78 is 5.77. The number of hydrogen-bond donors (Lipinski definition) is 0. The van der Waals surface area contributed by atoms with Gasteiger partial charge < -0.3 is 4.74 Å². The van der Waals surface area contributed by atoms with Crippen molar-refractivity contribution in [3.8, 4) is 33.4 Å². The lowest BCUT2D eigenvalue weighted by Crippen LogP contribution is -1.96. The minimum atomic E-state index is 0.740. The Morgan fingerprint density at radius 1 is 0.923 bits per heavy atom. The summed E-state index contributed by atoms with van der Waals surface area (Å²) in [5.41, 5.74) is 3.48. The molecule has 0 spiro atoms. The van der Waals surface area contributed by atoms with Crippen molar-refractivity contribution in [2.24, 2.45) is 0 Å². The molecule has 0 radical (unpaired) electrons. The van der Waals surface area contributed by atoms with Crippen LogP contribution in [0.15, 0.2) is 72.8 Å². The Labute approximate surface area is 159 Å². The van der Waals surface area contributed by atoms with Crippen molar-refractivity contribution < 1.29 is 4.74 Å². The molecular weight excluding hydrogens is 338 g/mol. The highest BCUT2D eigenvalue weighted by Gasteiger charge is 2.04. The number of hydrogen-bond acceptors (Lipinski definition) is 3. The molecule has 2 nitrogen and oxygen atoms in total. The molecule has 0 fully saturated rings. The molecule has 0 unspecified atom stereocenters. The van der Waals surface area contributed by atoms with Gasteiger partial charge >= 0.3 is 0 Å². The largest absolute Gasteiger partial charge is 0.494 e. The Morgan fingerprint density at radius 2 is 1.58 bits per heavy atom. The van der Waals surface area contributed by atoms with Crippen LogP contribution in [0.5, 0.6) is 5.75 Å². The van der Waals surface area contributed by atoms with Crippen molar-refractivity contribution in [1.82, 2.24) is 0 Å². The van der Waals surface area contributed by atoms with Crippen LogP contribution in [0.3, 0.4) is 0 Å². The highest BCUT2D eigenvalue weighted by atomic mass is 32.1. The summed E-state index contributed by atoms with van der Waals surface area (Å²) in [5.74, 6) is 0.911. The lowest BCUT2D eigenvalue weighted by molar-refractivity contribution is 0.312. The molecule has 0 saturated heterocycles. The van der Waals surface area contributed by atoms with Crippen LogP contribution in [-0.4, -0.2) is 6.61 Å². The molecule has 26 heavy (non-hydrogen) atoms. The maximum atomic E-state index is 8.95. The van der Waals surface area contributed by atoms with Gasteiger partial charge in [0.25, 0.3) is 0 Å². The smallest absolute Gasteiger partial charge is 0.119 e. The predicted molar refractivity (Wildman–Crippen MR) is 109 cm³/mol. The molecule has 130 valence electrons. The number of ether oxygens (including phenoxy) is 1. The highest BCUT2D eigenvalue weighted by molar-refractivity contribution is 7.16. The third kappa shape index (κ3) is 4.62. The highest BCUT2D eigenvalue weighted by Crippen LogP contribution is 2.30. The zero-order valence-corrected chi connectivity index (χ0v) is 15.6. The van der Waals surface area contributed by atoms with Crippen LogP contribution in [0, 0.1) is 11.3 Å². The second-order valence-electron chi connectivity index (χ2n) is 5.94. The molecule has 1 heterocycles. The first kappa shape index (κ1) is 18.0. The minimum absolute atomic E-state index is 0.740. The standard InChI is InChI=1S/C23H21NOS/c1-2-3-4-5-16-25-21-12-10-19(11-13-21)18-6-8-20(9-7-18)23-15-14-22(17-24)26-23/h2-3,6-15H,4-5,16H2,1H3/b3-2+. The summed E-state index contributed by atoms with van der Waals surface area (Å²) in [4.78, 5) is 1.86. The second kappa shape index (κ2) is 9.03. The lowest BCUT2D eigenvalue weighted by Gasteiger charge is -2.07. The molecule has 3 heteroatoms. The predicted octanol–water partition coefficient (Wildman–Crippen LogP) is 6.69. The summed E-state index contributed by atoms with van der Waals surface area (Å²) in [6.07, 6.45) is 6.32. The Bertz CT molecular complexity index is 899. The Hall–Kier alpha value is -2.83. The van der Waals surface area contributed by atoms with Crippen molar-refractivity contribution in [3.63, 3.8) is 0 Å². The average molecular weight is 359 g/mol. The van der Waals surface area contributed by atoms with Crippen LogP contribution in [0.2, 0.25) is 0 Å². The van der Waals surface area contributed by atoms with Gasteiger partial charge in [0.1, 0.15) is 16.7 Å². The van der Waals surface area contributed by atoms with E-state index in [4.69, 9.17) is 10.00 Å². The number of thiophene rings is 1. The van der Waals surface area contributed by atoms with E-state index in [0.717, 1.165) is 40.5 Å². The van der Waals surface area contributed by atoms with Crippen molar-refractivity contribution in [3.05, 3.63) is 77.7 Å². The summed E-state index contributed by atoms with van der Waals surface area (Å²) in [7, 11) is 0. The van der Waals surface area contributed by atoms with Gasteiger partial charge in [0, 0.05) is 4.88 Å². The number of benzene rings is 2. The minimum Gasteiger partial charge on any atom is -0.494 e. The normalized spacial score (nSPS) is 10.8. The van der Waals surface area contributed by atoms with E-state index in [-0.39, 0.29) is 0 Å². The van der Waals surface area contributed by atoms with Gasteiger partial charge in [-0.1, -0.05) is 48.6 Å². The van der Waals surface area contributed by atoms with Crippen LogP contribution >= 0.6 is 11.3 Å². The molecule has 1 aromatic heterocycles. The maximum Gasteiger partial charge on any atom is 0.119 e. The van der Waals surface area contributed by atoms with Gasteiger partial charge in [0.15, 0.2) is 0 Å². The van der Waals surface area contributed by atoms with Gasteiger partial charge in [0.05, 0.1) is 6.61 Å². The van der Waals surface area contributed by atoms with Gasteiger partial charge in [-0.2, -0.15) is 5.26 Å². The third-order valence-electron chi connectivity index (χ3n) is 4.09. The van der Waals surface area contributed by atoms with E-state index in [1.165, 1.54) is 22.5 Å². The van der Waals surface area contributed by atoms with Crippen LogP contribution in [0.4, 0.5) is 0 Å². The Kier molecular flexibility index (Phi) is 6.24. The van der Waals surface area contributed by atoms with Crippen molar-refractivity contribution in [1.29, 1.82) is 5.26 Å². The molecule has 0 aliphatic heterocycles. The Morgan fingerprint density at radius 3 is 2.19 bits per heavy atom. The number of unbranched alkanes of at least 4 members (excludes halogenated alkanes) is 1. The maximum absolute atomic E-state index is 8.95. The SMILES string of the molecule is C/C=C/CCCOc1ccc(-c2ccc(-c3ccc(C#N)s3)cc2)cc1. The summed E-state index contributed by atoms with van der Waals surface area (Å²) in [6, 6.07) is 22.7. The molecule has 0 aliphatic carbocycles. The third-order valence-corrected chi connectivity index (χ3v) is 5.13. The van der Waals surface area contributed by atoms with Crippen LogP contribution in [-0.2, 0) is 0 Å². The zero-order chi connectivity index (χ0) is 18.2. The topological polar surface area (TPSA) is 33.0 Å². The van der Waals surface area contributed by atoms with Gasteiger partial charge in [-0.3, -0.25) is 0 Å². The number of rotatable bonds is 7. The molecule has 0 N–H and O–H groups in total. The zero-order valence-electron chi connectivity index (χ0n) is 14.8. The molecule has 0 aliphatic rings. The number of nitriles is 1. The molecule has 3 rings (SSSR count). The molecular formula is C23H21NOS. The molecule has 2 aromatic carbocycles. The van der Waals surface area contributed by atoms with Crippen LogP contribution in [0.25, 0.3) is 21.6 Å². The molecule has 0 bridgehead atoms.